The first kappa shape index (κ1) is 17.8. The van der Waals surface area contributed by atoms with Gasteiger partial charge in [0.1, 0.15) is 11.5 Å². The number of nitrogens with zero attached hydrogens (tertiary/aromatic N) is 3. The van der Waals surface area contributed by atoms with E-state index in [4.69, 9.17) is 14.3 Å². The largest absolute Gasteiger partial charge is 0.497 e. The van der Waals surface area contributed by atoms with Crippen LogP contribution in [0.1, 0.15) is 18.4 Å². The van der Waals surface area contributed by atoms with Crippen LogP contribution in [0.2, 0.25) is 0 Å². The lowest BCUT2D eigenvalue weighted by molar-refractivity contribution is -0.131. The quantitative estimate of drug-likeness (QED) is 0.724. The molecule has 0 saturated heterocycles. The van der Waals surface area contributed by atoms with Crippen molar-refractivity contribution in [1.29, 1.82) is 0 Å². The number of ether oxygens (including phenoxy) is 2. The molecule has 1 atom stereocenters. The molecule has 2 heterocycles. The van der Waals surface area contributed by atoms with Crippen molar-refractivity contribution < 1.29 is 19.1 Å². The van der Waals surface area contributed by atoms with E-state index in [1.807, 2.05) is 22.9 Å². The van der Waals surface area contributed by atoms with Gasteiger partial charge in [0, 0.05) is 37.5 Å². The van der Waals surface area contributed by atoms with E-state index < -0.39 is 6.10 Å². The lowest BCUT2D eigenvalue weighted by atomic mass is 10.0. The highest BCUT2D eigenvalue weighted by Gasteiger charge is 2.30. The Balaban J connectivity index is 1.52. The monoisotopic (exact) mass is 358 g/mol. The first-order chi connectivity index (χ1) is 12.7. The summed E-state index contributed by atoms with van der Waals surface area (Å²) in [6.07, 6.45) is 5.95. The van der Waals surface area contributed by atoms with Crippen LogP contribution in [0.4, 0.5) is 0 Å². The van der Waals surface area contributed by atoms with Crippen LogP contribution < -0.4 is 14.8 Å². The van der Waals surface area contributed by atoms with Gasteiger partial charge in [0.15, 0.2) is 0 Å². The second-order valence-corrected chi connectivity index (χ2v) is 5.85. The van der Waals surface area contributed by atoms with Gasteiger partial charge >= 0.3 is 0 Å². The lowest BCUT2D eigenvalue weighted by Gasteiger charge is -2.11. The van der Waals surface area contributed by atoms with Crippen LogP contribution in [0.15, 0.2) is 42.1 Å². The Morgan fingerprint density at radius 1 is 1.38 bits per heavy atom. The number of imidazole rings is 1. The Kier molecular flexibility index (Phi) is 5.73. The van der Waals surface area contributed by atoms with Gasteiger partial charge in [-0.15, -0.1) is 0 Å². The fourth-order valence-corrected chi connectivity index (χ4v) is 2.72. The van der Waals surface area contributed by atoms with Crippen LogP contribution in [-0.2, 0) is 16.2 Å². The standard InChI is InChI=1S/C18H22N4O4/c1-24-13-4-5-16(25-2)14(10-13)15-11-17(26-21-15)18(23)20-6-3-8-22-9-7-19-12-22/h4-5,7,9-10,12,17H,3,6,8,11H2,1-2H3,(H,20,23). The second kappa shape index (κ2) is 8.37. The minimum atomic E-state index is -0.630. The minimum Gasteiger partial charge on any atom is -0.497 e. The van der Waals surface area contributed by atoms with Crippen molar-refractivity contribution in [2.75, 3.05) is 20.8 Å². The van der Waals surface area contributed by atoms with E-state index in [1.165, 1.54) is 0 Å². The molecule has 1 aromatic heterocycles. The predicted octanol–water partition coefficient (Wildman–Crippen LogP) is 1.60. The van der Waals surface area contributed by atoms with Crippen molar-refractivity contribution in [2.45, 2.75) is 25.5 Å². The number of benzene rings is 1. The van der Waals surface area contributed by atoms with Crippen molar-refractivity contribution in [1.82, 2.24) is 14.9 Å². The van der Waals surface area contributed by atoms with Gasteiger partial charge in [-0.2, -0.15) is 0 Å². The molecule has 26 heavy (non-hydrogen) atoms. The van der Waals surface area contributed by atoms with E-state index in [9.17, 15) is 4.79 Å². The molecular formula is C18H22N4O4. The lowest BCUT2D eigenvalue weighted by Crippen LogP contribution is -2.35. The summed E-state index contributed by atoms with van der Waals surface area (Å²) in [4.78, 5) is 21.6. The molecule has 1 aliphatic heterocycles. The average Bonchev–Trinajstić information content (AvgIpc) is 3.36. The van der Waals surface area contributed by atoms with E-state index in [-0.39, 0.29) is 5.91 Å². The third-order valence-corrected chi connectivity index (χ3v) is 4.13. The predicted molar refractivity (Wildman–Crippen MR) is 95.4 cm³/mol. The zero-order valence-electron chi connectivity index (χ0n) is 14.8. The van der Waals surface area contributed by atoms with Gasteiger partial charge in [0.2, 0.25) is 6.10 Å². The molecule has 8 heteroatoms. The highest BCUT2D eigenvalue weighted by atomic mass is 16.6. The van der Waals surface area contributed by atoms with E-state index in [1.54, 1.807) is 32.8 Å². The molecule has 1 amide bonds. The fraction of sp³-hybridized carbons (Fsp3) is 0.389. The molecule has 1 aliphatic rings. The normalized spacial score (nSPS) is 15.9. The summed E-state index contributed by atoms with van der Waals surface area (Å²) in [7, 11) is 3.19. The maximum absolute atomic E-state index is 12.3. The summed E-state index contributed by atoms with van der Waals surface area (Å²) in [6.45, 7) is 1.36. The van der Waals surface area contributed by atoms with Gasteiger partial charge in [0.05, 0.1) is 26.3 Å². The van der Waals surface area contributed by atoms with Crippen LogP contribution in [0, 0.1) is 0 Å². The van der Waals surface area contributed by atoms with Crippen molar-refractivity contribution in [2.24, 2.45) is 5.16 Å². The third-order valence-electron chi connectivity index (χ3n) is 4.13. The number of aryl methyl sites for hydroxylation is 1. The van der Waals surface area contributed by atoms with Crippen molar-refractivity contribution in [3.63, 3.8) is 0 Å². The summed E-state index contributed by atoms with van der Waals surface area (Å²) < 4.78 is 12.6. The Hall–Kier alpha value is -3.03. The Morgan fingerprint density at radius 2 is 2.27 bits per heavy atom. The number of rotatable bonds is 8. The molecule has 2 aromatic rings. The molecular weight excluding hydrogens is 336 g/mol. The van der Waals surface area contributed by atoms with E-state index in [0.717, 1.165) is 18.5 Å². The van der Waals surface area contributed by atoms with E-state index in [0.29, 0.717) is 30.2 Å². The first-order valence-corrected chi connectivity index (χ1v) is 8.40. The number of aromatic nitrogens is 2. The van der Waals surface area contributed by atoms with Crippen molar-refractivity contribution in [3.8, 4) is 11.5 Å². The van der Waals surface area contributed by atoms with Crippen molar-refractivity contribution >= 4 is 11.6 Å². The summed E-state index contributed by atoms with van der Waals surface area (Å²) in [5.41, 5.74) is 1.43. The molecule has 0 spiro atoms. The Morgan fingerprint density at radius 3 is 3.00 bits per heavy atom. The zero-order valence-corrected chi connectivity index (χ0v) is 14.8. The summed E-state index contributed by atoms with van der Waals surface area (Å²) >= 11 is 0. The number of hydrogen-bond donors (Lipinski definition) is 1. The van der Waals surface area contributed by atoms with Crippen molar-refractivity contribution in [3.05, 3.63) is 42.5 Å². The van der Waals surface area contributed by atoms with Gasteiger partial charge < -0.3 is 24.2 Å². The number of carbonyl (C=O) groups excluding carboxylic acids is 1. The molecule has 1 N–H and O–H groups in total. The smallest absolute Gasteiger partial charge is 0.264 e. The summed E-state index contributed by atoms with van der Waals surface area (Å²) in [5.74, 6) is 1.18. The zero-order chi connectivity index (χ0) is 18.4. The molecule has 0 aliphatic carbocycles. The molecule has 138 valence electrons. The number of amides is 1. The maximum atomic E-state index is 12.3. The first-order valence-electron chi connectivity index (χ1n) is 8.40. The molecule has 0 saturated carbocycles. The summed E-state index contributed by atoms with van der Waals surface area (Å²) in [5, 5.41) is 6.95. The molecule has 1 aromatic carbocycles. The molecule has 0 radical (unpaired) electrons. The highest BCUT2D eigenvalue weighted by molar-refractivity contribution is 6.06. The highest BCUT2D eigenvalue weighted by Crippen LogP contribution is 2.28. The number of methoxy groups -OCH3 is 2. The topological polar surface area (TPSA) is 87.0 Å². The SMILES string of the molecule is COc1ccc(OC)c(C2=NOC(C(=O)NCCCn3ccnc3)C2)c1. The fourth-order valence-electron chi connectivity index (χ4n) is 2.72. The second-order valence-electron chi connectivity index (χ2n) is 5.85. The summed E-state index contributed by atoms with van der Waals surface area (Å²) in [6, 6.07) is 5.44. The molecule has 3 rings (SSSR count). The molecule has 0 fully saturated rings. The Labute approximate surface area is 151 Å². The Bertz CT molecular complexity index is 774. The average molecular weight is 358 g/mol. The van der Waals surface area contributed by atoms with Crippen LogP contribution in [0.25, 0.3) is 0 Å². The molecule has 0 bridgehead atoms. The number of oxime groups is 1. The molecule has 8 nitrogen and oxygen atoms in total. The van der Waals surface area contributed by atoms with Crippen LogP contribution >= 0.6 is 0 Å². The van der Waals surface area contributed by atoms with Crippen LogP contribution in [-0.4, -0.2) is 48.0 Å². The van der Waals surface area contributed by atoms with Gasteiger partial charge in [-0.05, 0) is 24.6 Å². The van der Waals surface area contributed by atoms with E-state index >= 15 is 0 Å². The number of hydrogen-bond acceptors (Lipinski definition) is 6. The van der Waals surface area contributed by atoms with Gasteiger partial charge in [-0.3, -0.25) is 4.79 Å². The van der Waals surface area contributed by atoms with Gasteiger partial charge in [-0.25, -0.2) is 4.98 Å². The maximum Gasteiger partial charge on any atom is 0.264 e. The van der Waals surface area contributed by atoms with E-state index in [2.05, 4.69) is 15.5 Å². The molecule has 1 unspecified atom stereocenters. The van der Waals surface area contributed by atoms with Gasteiger partial charge in [0.25, 0.3) is 5.91 Å². The number of carbonyl (C=O) groups is 1. The number of nitrogens with one attached hydrogen (secondary N) is 1. The third kappa shape index (κ3) is 4.14. The van der Waals surface area contributed by atoms with Gasteiger partial charge in [-0.1, -0.05) is 5.16 Å². The van der Waals surface area contributed by atoms with Crippen LogP contribution in [0.3, 0.4) is 0 Å². The minimum absolute atomic E-state index is 0.170. The van der Waals surface area contributed by atoms with Crippen LogP contribution in [0.5, 0.6) is 11.5 Å².